The number of carbonyl (C=O) groups excluding carboxylic acids is 1. The Morgan fingerprint density at radius 2 is 2.11 bits per heavy atom. The van der Waals surface area contributed by atoms with Gasteiger partial charge in [0.1, 0.15) is 0 Å². The largest absolute Gasteiger partial charge is 0.325 e. The quantitative estimate of drug-likeness (QED) is 0.833. The Hall–Kier alpha value is -2.01. The molecule has 0 saturated carbocycles. The van der Waals surface area contributed by atoms with Gasteiger partial charge in [0.15, 0.2) is 0 Å². The molecule has 1 amide bonds. The number of amides is 1. The first-order chi connectivity index (χ1) is 8.83. The van der Waals surface area contributed by atoms with E-state index in [0.717, 1.165) is 36.1 Å². The van der Waals surface area contributed by atoms with Gasteiger partial charge in [-0.3, -0.25) is 14.8 Å². The van der Waals surface area contributed by atoms with E-state index in [9.17, 15) is 4.79 Å². The Labute approximate surface area is 105 Å². The summed E-state index contributed by atoms with van der Waals surface area (Å²) >= 11 is 0. The molecule has 1 atom stereocenters. The normalized spacial score (nSPS) is 19.0. The van der Waals surface area contributed by atoms with Gasteiger partial charge in [0.25, 0.3) is 0 Å². The number of rotatable bonds is 2. The lowest BCUT2D eigenvalue weighted by molar-refractivity contribution is -0.117. The molecule has 0 bridgehead atoms. The Morgan fingerprint density at radius 3 is 2.89 bits per heavy atom. The number of aromatic nitrogens is 2. The third-order valence-electron chi connectivity index (χ3n) is 3.11. The van der Waals surface area contributed by atoms with Gasteiger partial charge in [0, 0.05) is 18.1 Å². The van der Waals surface area contributed by atoms with Crippen LogP contribution in [0, 0.1) is 0 Å². The average Bonchev–Trinajstić information content (AvgIpc) is 2.92. The molecule has 1 unspecified atom stereocenters. The molecule has 2 heterocycles. The second kappa shape index (κ2) is 4.70. The summed E-state index contributed by atoms with van der Waals surface area (Å²) in [5.41, 5.74) is 2.38. The van der Waals surface area contributed by atoms with E-state index in [0.29, 0.717) is 0 Å². The van der Waals surface area contributed by atoms with Crippen molar-refractivity contribution in [3.63, 3.8) is 0 Å². The van der Waals surface area contributed by atoms with Gasteiger partial charge in [0.2, 0.25) is 5.91 Å². The van der Waals surface area contributed by atoms with E-state index < -0.39 is 0 Å². The van der Waals surface area contributed by atoms with Crippen molar-refractivity contribution < 1.29 is 4.79 Å². The maximum absolute atomic E-state index is 11.9. The van der Waals surface area contributed by atoms with Crippen molar-refractivity contribution in [3.8, 4) is 0 Å². The van der Waals surface area contributed by atoms with Gasteiger partial charge in [0.05, 0.1) is 17.1 Å². The van der Waals surface area contributed by atoms with Gasteiger partial charge in [-0.1, -0.05) is 0 Å². The Kier molecular flexibility index (Phi) is 2.90. The SMILES string of the molecule is O=C(Nc1ccc2nccnc2c1)C1CCCN1. The topological polar surface area (TPSA) is 66.9 Å². The highest BCUT2D eigenvalue weighted by atomic mass is 16.2. The van der Waals surface area contributed by atoms with Crippen molar-refractivity contribution >= 4 is 22.6 Å². The lowest BCUT2D eigenvalue weighted by atomic mass is 10.2. The summed E-state index contributed by atoms with van der Waals surface area (Å²) in [4.78, 5) is 20.3. The first-order valence-corrected chi connectivity index (χ1v) is 6.08. The average molecular weight is 242 g/mol. The second-order valence-electron chi connectivity index (χ2n) is 4.40. The molecule has 2 aromatic rings. The molecule has 0 radical (unpaired) electrons. The van der Waals surface area contributed by atoms with Crippen LogP contribution < -0.4 is 10.6 Å². The number of anilines is 1. The van der Waals surface area contributed by atoms with Crippen molar-refractivity contribution in [3.05, 3.63) is 30.6 Å². The van der Waals surface area contributed by atoms with Crippen LogP contribution in [0.4, 0.5) is 5.69 Å². The van der Waals surface area contributed by atoms with Crippen LogP contribution >= 0.6 is 0 Å². The molecule has 92 valence electrons. The standard InChI is InChI=1S/C13H14N4O/c18-13(11-2-1-5-14-11)17-9-3-4-10-12(8-9)16-7-6-15-10/h3-4,6-8,11,14H,1-2,5H2,(H,17,18). The number of carbonyl (C=O) groups is 1. The lowest BCUT2D eigenvalue weighted by Gasteiger charge is -2.11. The summed E-state index contributed by atoms with van der Waals surface area (Å²) in [6.07, 6.45) is 5.26. The molecule has 2 N–H and O–H groups in total. The molecule has 0 spiro atoms. The van der Waals surface area contributed by atoms with E-state index in [-0.39, 0.29) is 11.9 Å². The molecule has 18 heavy (non-hydrogen) atoms. The minimum atomic E-state index is -0.0671. The summed E-state index contributed by atoms with van der Waals surface area (Å²) in [6.45, 7) is 0.918. The van der Waals surface area contributed by atoms with Crippen molar-refractivity contribution in [1.29, 1.82) is 0 Å². The second-order valence-corrected chi connectivity index (χ2v) is 4.40. The van der Waals surface area contributed by atoms with Crippen molar-refractivity contribution in [2.45, 2.75) is 18.9 Å². The molecular formula is C13H14N4O. The lowest BCUT2D eigenvalue weighted by Crippen LogP contribution is -2.35. The first-order valence-electron chi connectivity index (χ1n) is 6.08. The minimum absolute atomic E-state index is 0.0238. The van der Waals surface area contributed by atoms with Crippen LogP contribution in [0.1, 0.15) is 12.8 Å². The highest BCUT2D eigenvalue weighted by Crippen LogP contribution is 2.16. The fraction of sp³-hybridized carbons (Fsp3) is 0.308. The van der Waals surface area contributed by atoms with Gasteiger partial charge in [-0.25, -0.2) is 0 Å². The van der Waals surface area contributed by atoms with E-state index in [1.807, 2.05) is 18.2 Å². The molecule has 1 aliphatic heterocycles. The predicted octanol–water partition coefficient (Wildman–Crippen LogP) is 1.32. The molecule has 1 saturated heterocycles. The van der Waals surface area contributed by atoms with Gasteiger partial charge < -0.3 is 10.6 Å². The van der Waals surface area contributed by atoms with Gasteiger partial charge in [-0.05, 0) is 37.6 Å². The summed E-state index contributed by atoms with van der Waals surface area (Å²) in [5, 5.41) is 6.08. The van der Waals surface area contributed by atoms with Crippen molar-refractivity contribution in [1.82, 2.24) is 15.3 Å². The maximum atomic E-state index is 11.9. The van der Waals surface area contributed by atoms with Crippen LogP contribution in [0.2, 0.25) is 0 Å². The molecule has 3 rings (SSSR count). The zero-order valence-electron chi connectivity index (χ0n) is 9.89. The van der Waals surface area contributed by atoms with E-state index in [4.69, 9.17) is 0 Å². The number of hydrogen-bond donors (Lipinski definition) is 2. The Balaban J connectivity index is 1.79. The molecule has 1 aromatic carbocycles. The summed E-state index contributed by atoms with van der Waals surface area (Å²) in [5.74, 6) is 0.0238. The molecule has 1 fully saturated rings. The number of benzene rings is 1. The monoisotopic (exact) mass is 242 g/mol. The van der Waals surface area contributed by atoms with Crippen molar-refractivity contribution in [2.75, 3.05) is 11.9 Å². The van der Waals surface area contributed by atoms with Crippen LogP contribution in [0.3, 0.4) is 0 Å². The smallest absolute Gasteiger partial charge is 0.241 e. The van der Waals surface area contributed by atoms with E-state index in [1.54, 1.807) is 12.4 Å². The molecule has 5 nitrogen and oxygen atoms in total. The number of fused-ring (bicyclic) bond motifs is 1. The highest BCUT2D eigenvalue weighted by Gasteiger charge is 2.21. The minimum Gasteiger partial charge on any atom is -0.325 e. The van der Waals surface area contributed by atoms with Gasteiger partial charge in [-0.2, -0.15) is 0 Å². The number of nitrogens with one attached hydrogen (secondary N) is 2. The first kappa shape index (κ1) is 11.1. The van der Waals surface area contributed by atoms with Gasteiger partial charge in [-0.15, -0.1) is 0 Å². The maximum Gasteiger partial charge on any atom is 0.241 e. The number of nitrogens with zero attached hydrogens (tertiary/aromatic N) is 2. The van der Waals surface area contributed by atoms with Crippen LogP contribution in [0.5, 0.6) is 0 Å². The third-order valence-corrected chi connectivity index (χ3v) is 3.11. The van der Waals surface area contributed by atoms with Gasteiger partial charge >= 0.3 is 0 Å². The molecule has 1 aliphatic rings. The predicted molar refractivity (Wildman–Crippen MR) is 69.2 cm³/mol. The fourth-order valence-electron chi connectivity index (χ4n) is 2.18. The van der Waals surface area contributed by atoms with E-state index in [2.05, 4.69) is 20.6 Å². The van der Waals surface area contributed by atoms with Crippen molar-refractivity contribution in [2.24, 2.45) is 0 Å². The van der Waals surface area contributed by atoms with E-state index in [1.165, 1.54) is 0 Å². The Bertz CT molecular complexity index is 578. The van der Waals surface area contributed by atoms with Crippen LogP contribution in [-0.2, 0) is 4.79 Å². The molecule has 0 aliphatic carbocycles. The summed E-state index contributed by atoms with van der Waals surface area (Å²) in [6, 6.07) is 5.49. The van der Waals surface area contributed by atoms with Crippen LogP contribution in [-0.4, -0.2) is 28.5 Å². The zero-order valence-corrected chi connectivity index (χ0v) is 9.89. The molecular weight excluding hydrogens is 228 g/mol. The summed E-state index contributed by atoms with van der Waals surface area (Å²) < 4.78 is 0. The van der Waals surface area contributed by atoms with Crippen LogP contribution in [0.15, 0.2) is 30.6 Å². The molecule has 1 aromatic heterocycles. The highest BCUT2D eigenvalue weighted by molar-refractivity contribution is 5.96. The summed E-state index contributed by atoms with van der Waals surface area (Å²) in [7, 11) is 0. The van der Waals surface area contributed by atoms with E-state index >= 15 is 0 Å². The van der Waals surface area contributed by atoms with Crippen LogP contribution in [0.25, 0.3) is 11.0 Å². The Morgan fingerprint density at radius 1 is 1.28 bits per heavy atom. The zero-order chi connectivity index (χ0) is 12.4. The number of hydrogen-bond acceptors (Lipinski definition) is 4. The molecule has 5 heteroatoms. The fourth-order valence-corrected chi connectivity index (χ4v) is 2.18. The third kappa shape index (κ3) is 2.17.